The lowest BCUT2D eigenvalue weighted by atomic mass is 10.3. The van der Waals surface area contributed by atoms with Gasteiger partial charge in [-0.25, -0.2) is 0 Å². The number of isothiocyanates is 2. The second-order valence-corrected chi connectivity index (χ2v) is 3.61. The van der Waals surface area contributed by atoms with Gasteiger partial charge in [0.05, 0.1) is 10.3 Å². The quantitative estimate of drug-likeness (QED) is 0.588. The number of hydrogen-bond donors (Lipinski definition) is 0. The maximum Gasteiger partial charge on any atom is 0.292 e. The molecule has 0 spiro atoms. The lowest BCUT2D eigenvalue weighted by molar-refractivity contribution is -0.120. The molecule has 0 saturated carbocycles. The monoisotopic (exact) mass is 308 g/mol. The highest BCUT2D eigenvalue weighted by atomic mass is 32.1. The van der Waals surface area contributed by atoms with Crippen molar-refractivity contribution in [2.45, 2.75) is 0 Å². The van der Waals surface area contributed by atoms with Gasteiger partial charge in [0.1, 0.15) is 11.5 Å². The molecule has 8 heteroatoms. The van der Waals surface area contributed by atoms with Crippen LogP contribution in [0.5, 0.6) is 11.5 Å². The summed E-state index contributed by atoms with van der Waals surface area (Å²) in [4.78, 5) is 28.5. The van der Waals surface area contributed by atoms with E-state index in [1.54, 1.807) is 24.3 Å². The van der Waals surface area contributed by atoms with Gasteiger partial charge in [0.25, 0.3) is 11.8 Å². The minimum atomic E-state index is -0.524. The van der Waals surface area contributed by atoms with Crippen molar-refractivity contribution in [3.63, 3.8) is 0 Å². The highest BCUT2D eigenvalue weighted by molar-refractivity contribution is 7.78. The van der Waals surface area contributed by atoms with Gasteiger partial charge in [-0.05, 0) is 48.7 Å². The number of thiocarbonyl (C=S) groups is 2. The molecule has 20 heavy (non-hydrogen) atoms. The average molecular weight is 308 g/mol. The van der Waals surface area contributed by atoms with Gasteiger partial charge in [-0.1, -0.05) is 0 Å². The van der Waals surface area contributed by atoms with Gasteiger partial charge in [0, 0.05) is 0 Å². The van der Waals surface area contributed by atoms with Crippen molar-refractivity contribution in [1.29, 1.82) is 0 Å². The van der Waals surface area contributed by atoms with Crippen LogP contribution < -0.4 is 9.47 Å². The largest absolute Gasteiger partial charge is 0.484 e. The van der Waals surface area contributed by atoms with Gasteiger partial charge in [-0.3, -0.25) is 9.59 Å². The summed E-state index contributed by atoms with van der Waals surface area (Å²) in [6.07, 6.45) is 0. The molecule has 0 heterocycles. The van der Waals surface area contributed by atoms with Crippen molar-refractivity contribution >= 4 is 46.6 Å². The lowest BCUT2D eigenvalue weighted by Crippen LogP contribution is -2.09. The third kappa shape index (κ3) is 6.08. The number of carbonyl (C=O) groups excluding carboxylic acids is 2. The van der Waals surface area contributed by atoms with E-state index >= 15 is 0 Å². The smallest absolute Gasteiger partial charge is 0.292 e. The molecule has 102 valence electrons. The molecule has 0 aliphatic rings. The zero-order valence-electron chi connectivity index (χ0n) is 10.1. The summed E-state index contributed by atoms with van der Waals surface area (Å²) >= 11 is 8.58. The van der Waals surface area contributed by atoms with Gasteiger partial charge in [-0.2, -0.15) is 9.98 Å². The topological polar surface area (TPSA) is 77.3 Å². The highest BCUT2D eigenvalue weighted by Crippen LogP contribution is 2.17. The van der Waals surface area contributed by atoms with E-state index in [1.807, 2.05) is 10.3 Å². The van der Waals surface area contributed by atoms with Crippen LogP contribution in [0.2, 0.25) is 0 Å². The van der Waals surface area contributed by atoms with E-state index in [2.05, 4.69) is 34.4 Å². The zero-order valence-corrected chi connectivity index (χ0v) is 11.7. The summed E-state index contributed by atoms with van der Waals surface area (Å²) in [7, 11) is 0. The van der Waals surface area contributed by atoms with Crippen LogP contribution in [0, 0.1) is 0 Å². The van der Waals surface area contributed by atoms with Crippen molar-refractivity contribution in [2.24, 2.45) is 9.98 Å². The van der Waals surface area contributed by atoms with E-state index in [9.17, 15) is 9.59 Å². The molecule has 0 radical (unpaired) electrons. The van der Waals surface area contributed by atoms with E-state index in [0.29, 0.717) is 11.5 Å². The zero-order chi connectivity index (χ0) is 14.8. The van der Waals surface area contributed by atoms with Gasteiger partial charge in [0.15, 0.2) is 13.2 Å². The first-order valence-corrected chi connectivity index (χ1v) is 6.04. The Morgan fingerprint density at radius 3 is 1.55 bits per heavy atom. The van der Waals surface area contributed by atoms with Crippen LogP contribution in [-0.4, -0.2) is 35.4 Å². The number of benzene rings is 1. The summed E-state index contributed by atoms with van der Waals surface area (Å²) in [5, 5.41) is 3.91. The van der Waals surface area contributed by atoms with Crippen LogP contribution in [0.25, 0.3) is 0 Å². The fourth-order valence-electron chi connectivity index (χ4n) is 1.09. The third-order valence-corrected chi connectivity index (χ3v) is 2.07. The summed E-state index contributed by atoms with van der Waals surface area (Å²) < 4.78 is 10.3. The number of nitrogens with zero attached hydrogens (tertiary/aromatic N) is 2. The molecule has 1 rings (SSSR count). The Labute approximate surface area is 125 Å². The van der Waals surface area contributed by atoms with Gasteiger partial charge < -0.3 is 9.47 Å². The molecular formula is C12H8N2O4S2. The molecule has 2 amide bonds. The lowest BCUT2D eigenvalue weighted by Gasteiger charge is -2.05. The maximum atomic E-state index is 11.0. The van der Waals surface area contributed by atoms with E-state index < -0.39 is 11.8 Å². The average Bonchev–Trinajstić information content (AvgIpc) is 2.45. The molecule has 0 atom stereocenters. The Kier molecular flexibility index (Phi) is 6.95. The van der Waals surface area contributed by atoms with E-state index in [0.717, 1.165) is 0 Å². The van der Waals surface area contributed by atoms with Crippen LogP contribution in [0.15, 0.2) is 34.3 Å². The molecule has 0 fully saturated rings. The van der Waals surface area contributed by atoms with Crippen molar-refractivity contribution in [2.75, 3.05) is 13.2 Å². The molecule has 0 N–H and O–H groups in total. The molecule has 0 bridgehead atoms. The Morgan fingerprint density at radius 2 is 1.25 bits per heavy atom. The van der Waals surface area contributed by atoms with Crippen LogP contribution in [0.1, 0.15) is 0 Å². The van der Waals surface area contributed by atoms with Crippen LogP contribution in [0.3, 0.4) is 0 Å². The number of rotatable bonds is 6. The number of aliphatic imine (C=N–C) groups is 2. The fourth-order valence-corrected chi connectivity index (χ4v) is 1.29. The van der Waals surface area contributed by atoms with E-state index in [-0.39, 0.29) is 13.2 Å². The maximum absolute atomic E-state index is 11.0. The molecule has 0 unspecified atom stereocenters. The molecular weight excluding hydrogens is 300 g/mol. The van der Waals surface area contributed by atoms with Crippen molar-refractivity contribution in [3.05, 3.63) is 24.3 Å². The Bertz CT molecular complexity index is 535. The molecule has 0 aromatic heterocycles. The van der Waals surface area contributed by atoms with Crippen molar-refractivity contribution in [1.82, 2.24) is 0 Å². The van der Waals surface area contributed by atoms with Gasteiger partial charge in [0.2, 0.25) is 0 Å². The molecule has 1 aromatic rings. The van der Waals surface area contributed by atoms with Crippen LogP contribution >= 0.6 is 24.4 Å². The number of hydrogen-bond acceptors (Lipinski definition) is 6. The number of ether oxygens (including phenoxy) is 2. The molecule has 0 aliphatic carbocycles. The normalized spacial score (nSPS) is 8.80. The summed E-state index contributed by atoms with van der Waals surface area (Å²) in [6.45, 7) is -0.461. The predicted octanol–water partition coefficient (Wildman–Crippen LogP) is 1.70. The fraction of sp³-hybridized carbons (Fsp3) is 0.167. The highest BCUT2D eigenvalue weighted by Gasteiger charge is 2.03. The molecule has 0 saturated heterocycles. The summed E-state index contributed by atoms with van der Waals surface area (Å²) in [5.74, 6) is -0.144. The van der Waals surface area contributed by atoms with E-state index in [1.165, 1.54) is 0 Å². The third-order valence-electron chi connectivity index (χ3n) is 1.89. The summed E-state index contributed by atoms with van der Waals surface area (Å²) in [6, 6.07) is 6.32. The molecule has 1 aromatic carbocycles. The van der Waals surface area contributed by atoms with Gasteiger partial charge >= 0.3 is 0 Å². The minimum absolute atomic E-state index is 0.230. The SMILES string of the molecule is O=C(COc1ccc(OCC(=O)N=C=S)cc1)N=C=S. The second-order valence-electron chi connectivity index (χ2n) is 3.24. The van der Waals surface area contributed by atoms with Crippen molar-refractivity contribution in [3.8, 4) is 11.5 Å². The van der Waals surface area contributed by atoms with Crippen LogP contribution in [-0.2, 0) is 9.59 Å². The first-order chi connectivity index (χ1) is 9.65. The number of carbonyl (C=O) groups is 2. The van der Waals surface area contributed by atoms with Gasteiger partial charge in [-0.15, -0.1) is 0 Å². The molecule has 0 aliphatic heterocycles. The van der Waals surface area contributed by atoms with E-state index in [4.69, 9.17) is 9.47 Å². The standard InChI is InChI=1S/C12H8N2O4S2/c15-11(13-7-19)5-17-9-1-2-10(4-3-9)18-6-12(16)14-8-20/h1-4H,5-6H2. The summed E-state index contributed by atoms with van der Waals surface area (Å²) in [5.41, 5.74) is 0. The Morgan fingerprint density at radius 1 is 0.900 bits per heavy atom. The number of amides is 2. The first-order valence-electron chi connectivity index (χ1n) is 5.22. The Balaban J connectivity index is 2.47. The minimum Gasteiger partial charge on any atom is -0.484 e. The Hall–Kier alpha value is -2.24. The van der Waals surface area contributed by atoms with Crippen LogP contribution in [0.4, 0.5) is 0 Å². The predicted molar refractivity (Wildman–Crippen MR) is 77.5 cm³/mol. The van der Waals surface area contributed by atoms with Crippen molar-refractivity contribution < 1.29 is 19.1 Å². The molecule has 6 nitrogen and oxygen atoms in total. The second kappa shape index (κ2) is 8.79. The first kappa shape index (κ1) is 15.8.